The second-order valence-corrected chi connectivity index (χ2v) is 8.05. The largest absolute Gasteiger partial charge is 0.344 e. The third-order valence-electron chi connectivity index (χ3n) is 4.91. The van der Waals surface area contributed by atoms with E-state index in [4.69, 9.17) is 0 Å². The van der Waals surface area contributed by atoms with Crippen molar-refractivity contribution in [1.82, 2.24) is 20.2 Å². The number of fused-ring (bicyclic) bond motifs is 3. The second-order valence-electron chi connectivity index (χ2n) is 6.96. The Morgan fingerprint density at radius 1 is 1.48 bits per heavy atom. The van der Waals surface area contributed by atoms with Crippen molar-refractivity contribution >= 4 is 27.5 Å². The van der Waals surface area contributed by atoms with Gasteiger partial charge in [0.25, 0.3) is 5.56 Å². The van der Waals surface area contributed by atoms with Gasteiger partial charge in [-0.3, -0.25) is 9.59 Å². The summed E-state index contributed by atoms with van der Waals surface area (Å²) in [7, 11) is 3.66. The van der Waals surface area contributed by atoms with Crippen LogP contribution in [0.3, 0.4) is 0 Å². The van der Waals surface area contributed by atoms with Crippen LogP contribution in [-0.2, 0) is 24.1 Å². The monoisotopic (exact) mass is 362 g/mol. The van der Waals surface area contributed by atoms with Crippen LogP contribution in [0.5, 0.6) is 0 Å². The fourth-order valence-electron chi connectivity index (χ4n) is 3.33. The molecule has 2 heterocycles. The Morgan fingerprint density at radius 3 is 3.04 bits per heavy atom. The SMILES string of the molecule is CNCCN(C)C(=O)CCc1nc2sc3c(c2c(=O)[nH]1)CCC(C)C3. The Balaban J connectivity index is 1.75. The van der Waals surface area contributed by atoms with Crippen molar-refractivity contribution in [3.05, 3.63) is 26.6 Å². The van der Waals surface area contributed by atoms with Gasteiger partial charge in [0.15, 0.2) is 0 Å². The molecule has 0 saturated carbocycles. The van der Waals surface area contributed by atoms with Crippen molar-refractivity contribution < 1.29 is 4.79 Å². The number of amides is 1. The van der Waals surface area contributed by atoms with Crippen LogP contribution in [0.25, 0.3) is 10.2 Å². The molecule has 0 aliphatic heterocycles. The van der Waals surface area contributed by atoms with E-state index in [9.17, 15) is 9.59 Å². The molecule has 6 nitrogen and oxygen atoms in total. The first kappa shape index (κ1) is 18.1. The van der Waals surface area contributed by atoms with Gasteiger partial charge in [-0.1, -0.05) is 6.92 Å². The molecule has 136 valence electrons. The lowest BCUT2D eigenvalue weighted by atomic mass is 9.89. The minimum Gasteiger partial charge on any atom is -0.344 e. The maximum absolute atomic E-state index is 12.5. The number of aromatic amines is 1. The van der Waals surface area contributed by atoms with Gasteiger partial charge < -0.3 is 15.2 Å². The maximum Gasteiger partial charge on any atom is 0.259 e. The molecule has 0 fully saturated rings. The van der Waals surface area contributed by atoms with Crippen LogP contribution in [-0.4, -0.2) is 48.0 Å². The smallest absolute Gasteiger partial charge is 0.259 e. The van der Waals surface area contributed by atoms with Gasteiger partial charge in [0.1, 0.15) is 10.7 Å². The van der Waals surface area contributed by atoms with Gasteiger partial charge in [-0.2, -0.15) is 0 Å². The van der Waals surface area contributed by atoms with E-state index >= 15 is 0 Å². The molecule has 25 heavy (non-hydrogen) atoms. The summed E-state index contributed by atoms with van der Waals surface area (Å²) in [5.41, 5.74) is 1.14. The lowest BCUT2D eigenvalue weighted by Crippen LogP contribution is -2.33. The zero-order valence-corrected chi connectivity index (χ0v) is 16.0. The Kier molecular flexibility index (Phi) is 5.54. The molecular formula is C18H26N4O2S. The number of nitrogens with zero attached hydrogens (tertiary/aromatic N) is 2. The van der Waals surface area contributed by atoms with Gasteiger partial charge >= 0.3 is 0 Å². The second kappa shape index (κ2) is 7.66. The molecule has 0 saturated heterocycles. The molecule has 1 atom stereocenters. The number of hydrogen-bond acceptors (Lipinski definition) is 5. The third kappa shape index (κ3) is 3.93. The minimum atomic E-state index is -0.0527. The molecule has 2 N–H and O–H groups in total. The first-order valence-corrected chi connectivity index (χ1v) is 9.73. The molecule has 0 bridgehead atoms. The van der Waals surface area contributed by atoms with Crippen molar-refractivity contribution in [2.24, 2.45) is 5.92 Å². The normalized spacial score (nSPS) is 16.8. The lowest BCUT2D eigenvalue weighted by Gasteiger charge is -2.17. The molecule has 7 heteroatoms. The number of aryl methyl sites for hydroxylation is 2. The Morgan fingerprint density at radius 2 is 2.28 bits per heavy atom. The van der Waals surface area contributed by atoms with Crippen LogP contribution in [0.15, 0.2) is 4.79 Å². The van der Waals surface area contributed by atoms with Gasteiger partial charge in [0, 0.05) is 37.9 Å². The van der Waals surface area contributed by atoms with Crippen LogP contribution in [0, 0.1) is 5.92 Å². The van der Waals surface area contributed by atoms with E-state index in [2.05, 4.69) is 22.2 Å². The summed E-state index contributed by atoms with van der Waals surface area (Å²) in [5.74, 6) is 1.35. The molecule has 0 aromatic carbocycles. The molecule has 1 amide bonds. The fraction of sp³-hybridized carbons (Fsp3) is 0.611. The van der Waals surface area contributed by atoms with Crippen molar-refractivity contribution in [2.75, 3.05) is 27.2 Å². The van der Waals surface area contributed by atoms with Gasteiger partial charge in [0.2, 0.25) is 5.91 Å². The van der Waals surface area contributed by atoms with E-state index in [-0.39, 0.29) is 11.5 Å². The molecule has 1 aliphatic rings. The van der Waals surface area contributed by atoms with Crippen molar-refractivity contribution in [1.29, 1.82) is 0 Å². The number of H-pyrrole nitrogens is 1. The number of likely N-dealkylation sites (N-methyl/N-ethyl adjacent to an activating group) is 2. The first-order valence-electron chi connectivity index (χ1n) is 8.91. The van der Waals surface area contributed by atoms with Crippen LogP contribution >= 0.6 is 11.3 Å². The van der Waals surface area contributed by atoms with Crippen LogP contribution in [0.4, 0.5) is 0 Å². The Bertz CT molecular complexity index is 826. The van der Waals surface area contributed by atoms with Crippen LogP contribution < -0.4 is 10.9 Å². The van der Waals surface area contributed by atoms with Gasteiger partial charge in [-0.15, -0.1) is 11.3 Å². The van der Waals surface area contributed by atoms with Crippen molar-refractivity contribution in [3.8, 4) is 0 Å². The predicted molar refractivity (Wildman–Crippen MR) is 101 cm³/mol. The summed E-state index contributed by atoms with van der Waals surface area (Å²) in [6.45, 7) is 3.70. The highest BCUT2D eigenvalue weighted by atomic mass is 32.1. The van der Waals surface area contributed by atoms with E-state index < -0.39 is 0 Å². The van der Waals surface area contributed by atoms with Gasteiger partial charge in [-0.25, -0.2) is 4.98 Å². The highest BCUT2D eigenvalue weighted by molar-refractivity contribution is 7.18. The number of nitrogens with one attached hydrogen (secondary N) is 2. The molecule has 1 aliphatic carbocycles. The summed E-state index contributed by atoms with van der Waals surface area (Å²) in [6.07, 6.45) is 3.96. The van der Waals surface area contributed by atoms with E-state index in [1.165, 1.54) is 10.4 Å². The Labute approximate surface area is 151 Å². The molecule has 2 aromatic heterocycles. The Hall–Kier alpha value is -1.73. The topological polar surface area (TPSA) is 78.1 Å². The highest BCUT2D eigenvalue weighted by Crippen LogP contribution is 2.35. The fourth-order valence-corrected chi connectivity index (χ4v) is 4.73. The van der Waals surface area contributed by atoms with E-state index in [0.717, 1.165) is 36.0 Å². The summed E-state index contributed by atoms with van der Waals surface area (Å²) in [4.78, 5) is 36.1. The van der Waals surface area contributed by atoms with Crippen LogP contribution in [0.1, 0.15) is 36.0 Å². The molecule has 0 spiro atoms. The molecular weight excluding hydrogens is 336 g/mol. The zero-order valence-electron chi connectivity index (χ0n) is 15.1. The number of rotatable bonds is 6. The van der Waals surface area contributed by atoms with Gasteiger partial charge in [-0.05, 0) is 37.8 Å². The van der Waals surface area contributed by atoms with Crippen molar-refractivity contribution in [2.45, 2.75) is 39.0 Å². The van der Waals surface area contributed by atoms with Crippen molar-refractivity contribution in [3.63, 3.8) is 0 Å². The number of hydrogen-bond donors (Lipinski definition) is 2. The summed E-state index contributed by atoms with van der Waals surface area (Å²) < 4.78 is 0. The molecule has 2 aromatic rings. The van der Waals surface area contributed by atoms with E-state index in [1.54, 1.807) is 23.3 Å². The number of carbonyl (C=O) groups is 1. The van der Waals surface area contributed by atoms with Crippen LogP contribution in [0.2, 0.25) is 0 Å². The highest BCUT2D eigenvalue weighted by Gasteiger charge is 2.23. The summed E-state index contributed by atoms with van der Waals surface area (Å²) in [6, 6.07) is 0. The average molecular weight is 362 g/mol. The lowest BCUT2D eigenvalue weighted by molar-refractivity contribution is -0.129. The number of aromatic nitrogens is 2. The van der Waals surface area contributed by atoms with E-state index in [0.29, 0.717) is 31.1 Å². The summed E-state index contributed by atoms with van der Waals surface area (Å²) in [5, 5.41) is 3.80. The summed E-state index contributed by atoms with van der Waals surface area (Å²) >= 11 is 1.65. The standard InChI is InChI=1S/C18H26N4O2S/c1-11-4-5-12-13(10-11)25-18-16(12)17(24)20-14(21-18)6-7-15(23)22(3)9-8-19-2/h11,19H,4-10H2,1-3H3,(H,20,21,24). The quantitative estimate of drug-likeness (QED) is 0.820. The first-order chi connectivity index (χ1) is 12.0. The predicted octanol–water partition coefficient (Wildman–Crippen LogP) is 1.72. The zero-order chi connectivity index (χ0) is 18.0. The van der Waals surface area contributed by atoms with Gasteiger partial charge in [0.05, 0.1) is 5.39 Å². The number of thiophene rings is 1. The maximum atomic E-state index is 12.5. The molecule has 0 radical (unpaired) electrons. The molecule has 1 unspecified atom stereocenters. The minimum absolute atomic E-state index is 0.0527. The van der Waals surface area contributed by atoms with E-state index in [1.807, 2.05) is 7.05 Å². The average Bonchev–Trinajstić information content (AvgIpc) is 2.95. The third-order valence-corrected chi connectivity index (χ3v) is 6.06. The number of carbonyl (C=O) groups excluding carboxylic acids is 1. The molecule has 3 rings (SSSR count).